The van der Waals surface area contributed by atoms with Crippen LogP contribution in [0.5, 0.6) is 0 Å². The van der Waals surface area contributed by atoms with E-state index < -0.39 is 18.1 Å². The molecule has 2 fully saturated rings. The number of likely N-dealkylation sites (tertiary alicyclic amines) is 1. The number of carbonyl (C=O) groups excluding carboxylic acids is 2. The fraction of sp³-hybridized carbons (Fsp3) is 0.368. The van der Waals surface area contributed by atoms with Crippen LogP contribution in [0.1, 0.15) is 31.6 Å². The SMILES string of the molecule is CCCCN1C(=O)C2ON(c3ccccc3)C(c3ccco3)C2C1=O. The zero-order chi connectivity index (χ0) is 17.4. The average Bonchev–Trinajstić information content (AvgIpc) is 3.33. The summed E-state index contributed by atoms with van der Waals surface area (Å²) in [6.45, 7) is 2.48. The predicted octanol–water partition coefficient (Wildman–Crippen LogP) is 2.93. The van der Waals surface area contributed by atoms with E-state index in [1.807, 2.05) is 43.3 Å². The van der Waals surface area contributed by atoms with E-state index in [1.54, 1.807) is 17.4 Å². The highest BCUT2D eigenvalue weighted by atomic mass is 16.7. The summed E-state index contributed by atoms with van der Waals surface area (Å²) in [4.78, 5) is 33.0. The molecule has 2 amide bonds. The van der Waals surface area contributed by atoms with E-state index in [0.717, 1.165) is 18.5 Å². The first-order valence-corrected chi connectivity index (χ1v) is 8.62. The van der Waals surface area contributed by atoms with Gasteiger partial charge in [0.15, 0.2) is 6.10 Å². The van der Waals surface area contributed by atoms with Crippen LogP contribution in [0.4, 0.5) is 5.69 Å². The maximum Gasteiger partial charge on any atom is 0.262 e. The van der Waals surface area contributed by atoms with Gasteiger partial charge in [-0.3, -0.25) is 19.3 Å². The van der Waals surface area contributed by atoms with Crippen LogP contribution in [-0.4, -0.2) is 29.4 Å². The molecule has 0 N–H and O–H groups in total. The molecule has 0 radical (unpaired) electrons. The van der Waals surface area contributed by atoms with E-state index in [1.165, 1.54) is 4.90 Å². The van der Waals surface area contributed by atoms with Gasteiger partial charge in [0.1, 0.15) is 17.7 Å². The fourth-order valence-corrected chi connectivity index (χ4v) is 3.56. The Morgan fingerprint density at radius 3 is 2.52 bits per heavy atom. The first kappa shape index (κ1) is 15.9. The minimum Gasteiger partial charge on any atom is -0.467 e. The highest BCUT2D eigenvalue weighted by molar-refractivity contribution is 6.07. The van der Waals surface area contributed by atoms with E-state index >= 15 is 0 Å². The van der Waals surface area contributed by atoms with E-state index in [4.69, 9.17) is 9.25 Å². The molecule has 2 aliphatic rings. The molecule has 0 spiro atoms. The van der Waals surface area contributed by atoms with Crippen molar-refractivity contribution in [2.75, 3.05) is 11.6 Å². The molecule has 1 aromatic heterocycles. The molecule has 130 valence electrons. The number of anilines is 1. The molecule has 1 aromatic carbocycles. The standard InChI is InChI=1S/C19H20N2O4/c1-2-3-11-20-18(22)15-16(14-10-7-12-24-14)21(25-17(15)19(20)23)13-8-5-4-6-9-13/h4-10,12,15-17H,2-3,11H2,1H3. The van der Waals surface area contributed by atoms with Gasteiger partial charge in [0.05, 0.1) is 12.0 Å². The summed E-state index contributed by atoms with van der Waals surface area (Å²) in [7, 11) is 0. The molecule has 6 nitrogen and oxygen atoms in total. The number of imide groups is 1. The lowest BCUT2D eigenvalue weighted by molar-refractivity contribution is -0.143. The quantitative estimate of drug-likeness (QED) is 0.783. The van der Waals surface area contributed by atoms with Gasteiger partial charge in [-0.2, -0.15) is 0 Å². The Labute approximate surface area is 145 Å². The van der Waals surface area contributed by atoms with Crippen molar-refractivity contribution in [2.24, 2.45) is 5.92 Å². The van der Waals surface area contributed by atoms with Crippen molar-refractivity contribution < 1.29 is 18.8 Å². The van der Waals surface area contributed by atoms with Crippen LogP contribution < -0.4 is 5.06 Å². The first-order valence-electron chi connectivity index (χ1n) is 8.62. The molecule has 3 unspecified atom stereocenters. The van der Waals surface area contributed by atoms with Crippen LogP contribution >= 0.6 is 0 Å². The molecule has 0 bridgehead atoms. The van der Waals surface area contributed by atoms with Crippen molar-refractivity contribution in [1.29, 1.82) is 0 Å². The number of para-hydroxylation sites is 1. The van der Waals surface area contributed by atoms with Crippen LogP contribution in [0.2, 0.25) is 0 Å². The molecule has 6 heteroatoms. The first-order chi connectivity index (χ1) is 12.2. The molecule has 2 aliphatic heterocycles. The van der Waals surface area contributed by atoms with Gasteiger partial charge in [0.2, 0.25) is 5.91 Å². The highest BCUT2D eigenvalue weighted by Crippen LogP contribution is 2.46. The summed E-state index contributed by atoms with van der Waals surface area (Å²) in [6, 6.07) is 12.6. The molecule has 0 aliphatic carbocycles. The minimum absolute atomic E-state index is 0.178. The third-order valence-corrected chi connectivity index (χ3v) is 4.79. The minimum atomic E-state index is -0.792. The third-order valence-electron chi connectivity index (χ3n) is 4.79. The molecular formula is C19H20N2O4. The van der Waals surface area contributed by atoms with Gasteiger partial charge < -0.3 is 4.42 Å². The van der Waals surface area contributed by atoms with Crippen LogP contribution in [0.25, 0.3) is 0 Å². The van der Waals surface area contributed by atoms with Gasteiger partial charge in [-0.15, -0.1) is 0 Å². The number of hydroxylamine groups is 1. The number of amides is 2. The van der Waals surface area contributed by atoms with Crippen molar-refractivity contribution in [1.82, 2.24) is 4.90 Å². The van der Waals surface area contributed by atoms with Crippen LogP contribution in [0.15, 0.2) is 53.1 Å². The molecule has 0 saturated carbocycles. The van der Waals surface area contributed by atoms with Gasteiger partial charge >= 0.3 is 0 Å². The van der Waals surface area contributed by atoms with Gasteiger partial charge in [-0.05, 0) is 30.7 Å². The van der Waals surface area contributed by atoms with Crippen LogP contribution in [-0.2, 0) is 14.4 Å². The Bertz CT molecular complexity index is 759. The van der Waals surface area contributed by atoms with E-state index in [9.17, 15) is 9.59 Å². The number of carbonyl (C=O) groups is 2. The van der Waals surface area contributed by atoms with Crippen molar-refractivity contribution in [3.63, 3.8) is 0 Å². The fourth-order valence-electron chi connectivity index (χ4n) is 3.56. The average molecular weight is 340 g/mol. The summed E-state index contributed by atoms with van der Waals surface area (Å²) in [5, 5.41) is 1.64. The van der Waals surface area contributed by atoms with Crippen molar-refractivity contribution in [3.05, 3.63) is 54.5 Å². The second-order valence-electron chi connectivity index (χ2n) is 6.36. The molecule has 3 heterocycles. The number of unbranched alkanes of at least 4 members (excludes halogenated alkanes) is 1. The lowest BCUT2D eigenvalue weighted by Gasteiger charge is -2.27. The lowest BCUT2D eigenvalue weighted by Crippen LogP contribution is -2.37. The lowest BCUT2D eigenvalue weighted by atomic mass is 9.94. The Balaban J connectivity index is 1.71. The van der Waals surface area contributed by atoms with Gasteiger partial charge in [-0.1, -0.05) is 31.5 Å². The number of hydrogen-bond acceptors (Lipinski definition) is 5. The number of nitrogens with zero attached hydrogens (tertiary/aromatic N) is 2. The Morgan fingerprint density at radius 1 is 1.04 bits per heavy atom. The van der Waals surface area contributed by atoms with Gasteiger partial charge in [0, 0.05) is 6.54 Å². The van der Waals surface area contributed by atoms with E-state index in [-0.39, 0.29) is 11.8 Å². The maximum absolute atomic E-state index is 12.9. The smallest absolute Gasteiger partial charge is 0.262 e. The number of fused-ring (bicyclic) bond motifs is 1. The van der Waals surface area contributed by atoms with E-state index in [2.05, 4.69) is 0 Å². The summed E-state index contributed by atoms with van der Waals surface area (Å²) in [6.07, 6.45) is 2.50. The Hall–Kier alpha value is -2.60. The summed E-state index contributed by atoms with van der Waals surface area (Å²) >= 11 is 0. The van der Waals surface area contributed by atoms with Crippen molar-refractivity contribution in [2.45, 2.75) is 31.9 Å². The van der Waals surface area contributed by atoms with Crippen molar-refractivity contribution >= 4 is 17.5 Å². The molecule has 2 saturated heterocycles. The van der Waals surface area contributed by atoms with Crippen molar-refractivity contribution in [3.8, 4) is 0 Å². The topological polar surface area (TPSA) is 63.0 Å². The summed E-state index contributed by atoms with van der Waals surface area (Å²) < 4.78 is 5.57. The molecular weight excluding hydrogens is 320 g/mol. The number of furan rings is 1. The van der Waals surface area contributed by atoms with Gasteiger partial charge in [-0.25, -0.2) is 5.06 Å². The van der Waals surface area contributed by atoms with Gasteiger partial charge in [0.25, 0.3) is 5.91 Å². The second-order valence-corrected chi connectivity index (χ2v) is 6.36. The number of hydrogen-bond donors (Lipinski definition) is 0. The normalized spacial score (nSPS) is 25.7. The monoisotopic (exact) mass is 340 g/mol. The predicted molar refractivity (Wildman–Crippen MR) is 90.4 cm³/mol. The maximum atomic E-state index is 12.9. The second kappa shape index (κ2) is 6.37. The van der Waals surface area contributed by atoms with Crippen LogP contribution in [0, 0.1) is 5.92 Å². The Kier molecular flexibility index (Phi) is 4.05. The summed E-state index contributed by atoms with van der Waals surface area (Å²) in [5.74, 6) is -0.396. The highest BCUT2D eigenvalue weighted by Gasteiger charge is 2.60. The summed E-state index contributed by atoms with van der Waals surface area (Å²) in [5.41, 5.74) is 0.791. The molecule has 3 atom stereocenters. The molecule has 2 aromatic rings. The largest absolute Gasteiger partial charge is 0.467 e. The number of rotatable bonds is 5. The van der Waals surface area contributed by atoms with E-state index in [0.29, 0.717) is 12.3 Å². The zero-order valence-corrected chi connectivity index (χ0v) is 14.0. The molecule has 4 rings (SSSR count). The zero-order valence-electron chi connectivity index (χ0n) is 14.0. The Morgan fingerprint density at radius 2 is 1.84 bits per heavy atom. The molecule has 25 heavy (non-hydrogen) atoms. The van der Waals surface area contributed by atoms with Crippen LogP contribution in [0.3, 0.4) is 0 Å². The number of benzene rings is 1. The third kappa shape index (κ3) is 2.53.